The minimum absolute atomic E-state index is 0.0861. The Kier molecular flexibility index (Phi) is 5.74. The molecule has 0 aliphatic rings. The maximum absolute atomic E-state index is 13.1. The van der Waals surface area contributed by atoms with Crippen LogP contribution in [0.2, 0.25) is 5.02 Å². The molecule has 0 aliphatic carbocycles. The number of carbonyl (C=O) groups excluding carboxylic acids is 1. The minimum Gasteiger partial charge on any atom is -0.288 e. The third-order valence-electron chi connectivity index (χ3n) is 3.41. The Hall–Kier alpha value is -1.88. The second-order valence-corrected chi connectivity index (χ2v) is 8.22. The van der Waals surface area contributed by atoms with Gasteiger partial charge in [-0.15, -0.1) is 11.3 Å². The van der Waals surface area contributed by atoms with Crippen LogP contribution in [-0.2, 0) is 0 Å². The first-order valence-electron chi connectivity index (χ1n) is 7.53. The summed E-state index contributed by atoms with van der Waals surface area (Å²) in [5.74, 6) is -0.384. The summed E-state index contributed by atoms with van der Waals surface area (Å²) >= 11 is 8.86. The fraction of sp³-hybridized carbons (Fsp3) is 0.0500. The van der Waals surface area contributed by atoms with Crippen LogP contribution in [0.25, 0.3) is 6.08 Å². The van der Waals surface area contributed by atoms with E-state index in [1.807, 2.05) is 25.1 Å². The van der Waals surface area contributed by atoms with Crippen LogP contribution >= 0.6 is 34.7 Å². The van der Waals surface area contributed by atoms with Crippen molar-refractivity contribution < 1.29 is 9.18 Å². The zero-order chi connectivity index (χ0) is 17.8. The lowest BCUT2D eigenvalue weighted by atomic mass is 10.1. The van der Waals surface area contributed by atoms with E-state index in [0.29, 0.717) is 15.5 Å². The molecule has 0 N–H and O–H groups in total. The molecule has 0 radical (unpaired) electrons. The van der Waals surface area contributed by atoms with Gasteiger partial charge in [0.25, 0.3) is 0 Å². The summed E-state index contributed by atoms with van der Waals surface area (Å²) < 4.78 is 13.1. The van der Waals surface area contributed by atoms with Gasteiger partial charge in [-0.3, -0.25) is 4.79 Å². The Balaban J connectivity index is 1.95. The lowest BCUT2D eigenvalue weighted by Gasteiger charge is -2.07. The van der Waals surface area contributed by atoms with E-state index >= 15 is 0 Å². The minimum atomic E-state index is -0.298. The van der Waals surface area contributed by atoms with Crippen LogP contribution in [0.5, 0.6) is 0 Å². The second kappa shape index (κ2) is 8.00. The van der Waals surface area contributed by atoms with E-state index in [2.05, 4.69) is 0 Å². The van der Waals surface area contributed by atoms with Crippen LogP contribution in [0.15, 0.2) is 70.5 Å². The molecule has 1 nitrogen and oxygen atoms in total. The van der Waals surface area contributed by atoms with Gasteiger partial charge in [0.05, 0.1) is 4.91 Å². The molecular formula is C20H14ClFOS2. The summed E-state index contributed by atoms with van der Waals surface area (Å²) in [6, 6.07) is 16.9. The first-order valence-corrected chi connectivity index (χ1v) is 9.54. The van der Waals surface area contributed by atoms with E-state index in [-0.39, 0.29) is 11.6 Å². The van der Waals surface area contributed by atoms with Gasteiger partial charge in [-0.2, -0.15) is 0 Å². The Morgan fingerprint density at radius 1 is 1.04 bits per heavy atom. The molecule has 0 atom stereocenters. The van der Waals surface area contributed by atoms with Crippen LogP contribution in [-0.4, -0.2) is 5.78 Å². The summed E-state index contributed by atoms with van der Waals surface area (Å²) in [7, 11) is 0. The smallest absolute Gasteiger partial charge is 0.199 e. The Morgan fingerprint density at radius 2 is 1.72 bits per heavy atom. The normalized spacial score (nSPS) is 11.6. The molecule has 0 saturated heterocycles. The van der Waals surface area contributed by atoms with Crippen molar-refractivity contribution in [3.8, 4) is 0 Å². The van der Waals surface area contributed by atoms with Gasteiger partial charge in [-0.05, 0) is 73.7 Å². The zero-order valence-electron chi connectivity index (χ0n) is 13.3. The van der Waals surface area contributed by atoms with Gasteiger partial charge in [-0.25, -0.2) is 4.39 Å². The first kappa shape index (κ1) is 17.9. The summed E-state index contributed by atoms with van der Waals surface area (Å²) in [5, 5.41) is 0.585. The van der Waals surface area contributed by atoms with Gasteiger partial charge in [0.15, 0.2) is 5.78 Å². The summed E-state index contributed by atoms with van der Waals surface area (Å²) in [5.41, 5.74) is 0.568. The van der Waals surface area contributed by atoms with Crippen LogP contribution in [0.4, 0.5) is 4.39 Å². The molecule has 0 amide bonds. The maximum Gasteiger partial charge on any atom is 0.199 e. The third-order valence-corrected chi connectivity index (χ3v) is 5.64. The van der Waals surface area contributed by atoms with Gasteiger partial charge in [0, 0.05) is 25.2 Å². The number of benzene rings is 2. The molecule has 0 saturated carbocycles. The van der Waals surface area contributed by atoms with E-state index in [1.165, 1.54) is 28.8 Å². The van der Waals surface area contributed by atoms with Crippen molar-refractivity contribution in [1.82, 2.24) is 0 Å². The van der Waals surface area contributed by atoms with E-state index in [0.717, 1.165) is 9.77 Å². The third kappa shape index (κ3) is 4.82. The van der Waals surface area contributed by atoms with E-state index in [9.17, 15) is 9.18 Å². The van der Waals surface area contributed by atoms with Gasteiger partial charge in [0.2, 0.25) is 0 Å². The van der Waals surface area contributed by atoms with Crippen molar-refractivity contribution in [3.63, 3.8) is 0 Å². The number of aryl methyl sites for hydroxylation is 1. The molecule has 25 heavy (non-hydrogen) atoms. The number of allylic oxidation sites excluding steroid dienone is 1. The van der Waals surface area contributed by atoms with Gasteiger partial charge < -0.3 is 0 Å². The zero-order valence-corrected chi connectivity index (χ0v) is 15.7. The Morgan fingerprint density at radius 3 is 2.32 bits per heavy atom. The van der Waals surface area contributed by atoms with Crippen molar-refractivity contribution in [1.29, 1.82) is 0 Å². The molecule has 126 valence electrons. The number of ketones is 1. The van der Waals surface area contributed by atoms with Crippen molar-refractivity contribution >= 4 is 46.6 Å². The lowest BCUT2D eigenvalue weighted by Crippen LogP contribution is -2.00. The van der Waals surface area contributed by atoms with Crippen LogP contribution in [0.1, 0.15) is 20.1 Å². The fourth-order valence-electron chi connectivity index (χ4n) is 2.17. The number of thiophene rings is 1. The van der Waals surface area contributed by atoms with Crippen molar-refractivity contribution in [2.75, 3.05) is 0 Å². The molecule has 3 aromatic rings. The van der Waals surface area contributed by atoms with Gasteiger partial charge in [-0.1, -0.05) is 23.4 Å². The molecular weight excluding hydrogens is 375 g/mol. The van der Waals surface area contributed by atoms with E-state index in [1.54, 1.807) is 47.7 Å². The molecule has 0 bridgehead atoms. The largest absolute Gasteiger partial charge is 0.288 e. The lowest BCUT2D eigenvalue weighted by molar-refractivity contribution is 0.104. The standard InChI is InChI=1S/C20H14ClFOS2/c1-13-2-9-18(24-13)12-19(25-17-10-7-16(22)8-11-17)20(23)14-3-5-15(21)6-4-14/h2-12H,1H3. The maximum atomic E-state index is 13.1. The van der Waals surface area contributed by atoms with Crippen LogP contribution in [0, 0.1) is 12.7 Å². The molecule has 0 unspecified atom stereocenters. The highest BCUT2D eigenvalue weighted by atomic mass is 35.5. The highest BCUT2D eigenvalue weighted by Gasteiger charge is 2.15. The number of Topliss-reactive ketones (excluding diaryl/α,β-unsaturated/α-hetero) is 1. The van der Waals surface area contributed by atoms with Gasteiger partial charge in [0.1, 0.15) is 5.82 Å². The average Bonchev–Trinajstić information content (AvgIpc) is 3.01. The fourth-order valence-corrected chi connectivity index (χ4v) is 4.12. The monoisotopic (exact) mass is 388 g/mol. The van der Waals surface area contributed by atoms with Crippen LogP contribution < -0.4 is 0 Å². The predicted molar refractivity (Wildman–Crippen MR) is 105 cm³/mol. The predicted octanol–water partition coefficient (Wildman–Crippen LogP) is 6.87. The highest BCUT2D eigenvalue weighted by molar-refractivity contribution is 8.04. The molecule has 0 fully saturated rings. The van der Waals surface area contributed by atoms with E-state index in [4.69, 9.17) is 11.6 Å². The van der Waals surface area contributed by atoms with Crippen molar-refractivity contribution in [2.24, 2.45) is 0 Å². The molecule has 1 aromatic heterocycles. The van der Waals surface area contributed by atoms with E-state index < -0.39 is 0 Å². The van der Waals surface area contributed by atoms with Crippen molar-refractivity contribution in [3.05, 3.63) is 91.7 Å². The average molecular weight is 389 g/mol. The number of rotatable bonds is 5. The summed E-state index contributed by atoms with van der Waals surface area (Å²) in [6.07, 6.45) is 1.88. The van der Waals surface area contributed by atoms with Crippen LogP contribution in [0.3, 0.4) is 0 Å². The van der Waals surface area contributed by atoms with Crippen molar-refractivity contribution in [2.45, 2.75) is 11.8 Å². The Labute approximate surface area is 159 Å². The molecule has 3 rings (SSSR count). The molecule has 0 aliphatic heterocycles. The quantitative estimate of drug-likeness (QED) is 0.269. The molecule has 2 aromatic carbocycles. The second-order valence-electron chi connectivity index (χ2n) is 5.35. The first-order chi connectivity index (χ1) is 12.0. The van der Waals surface area contributed by atoms with Gasteiger partial charge >= 0.3 is 0 Å². The summed E-state index contributed by atoms with van der Waals surface area (Å²) in [4.78, 5) is 16.5. The number of thioether (sulfide) groups is 1. The number of hydrogen-bond donors (Lipinski definition) is 0. The number of hydrogen-bond acceptors (Lipinski definition) is 3. The number of carbonyl (C=O) groups is 1. The number of halogens is 2. The SMILES string of the molecule is Cc1ccc(C=C(Sc2ccc(F)cc2)C(=O)c2ccc(Cl)cc2)s1. The summed E-state index contributed by atoms with van der Waals surface area (Å²) in [6.45, 7) is 2.02. The Bertz CT molecular complexity index is 912. The molecule has 1 heterocycles. The molecule has 0 spiro atoms. The topological polar surface area (TPSA) is 17.1 Å². The molecule has 5 heteroatoms. The highest BCUT2D eigenvalue weighted by Crippen LogP contribution is 2.32.